The number of piperazine rings is 1. The van der Waals surface area contributed by atoms with Crippen LogP contribution < -0.4 is 9.47 Å². The third-order valence-electron chi connectivity index (χ3n) is 5.72. The van der Waals surface area contributed by atoms with E-state index in [4.69, 9.17) is 9.47 Å². The summed E-state index contributed by atoms with van der Waals surface area (Å²) in [6.45, 7) is 8.69. The van der Waals surface area contributed by atoms with E-state index in [0.29, 0.717) is 43.2 Å². The molecule has 1 aliphatic rings. The number of nitrogens with zero attached hydrogens (tertiary/aromatic N) is 2. The van der Waals surface area contributed by atoms with Gasteiger partial charge >= 0.3 is 0 Å². The average molecular weight is 419 g/mol. The molecule has 0 atom stereocenters. The van der Waals surface area contributed by atoms with Gasteiger partial charge in [0, 0.05) is 38.3 Å². The van der Waals surface area contributed by atoms with Crippen LogP contribution >= 0.6 is 0 Å². The zero-order chi connectivity index (χ0) is 21.2. The minimum atomic E-state index is -3.70. The first-order valence-corrected chi connectivity index (χ1v) is 11.2. The van der Waals surface area contributed by atoms with Gasteiger partial charge in [0.05, 0.1) is 14.2 Å². The molecule has 0 amide bonds. The highest BCUT2D eigenvalue weighted by Crippen LogP contribution is 2.41. The molecule has 0 aliphatic carbocycles. The van der Waals surface area contributed by atoms with Gasteiger partial charge in [0.15, 0.2) is 0 Å². The minimum Gasteiger partial charge on any atom is -0.496 e. The van der Waals surface area contributed by atoms with Crippen molar-refractivity contribution >= 4 is 10.0 Å². The number of benzene rings is 2. The summed E-state index contributed by atoms with van der Waals surface area (Å²) in [4.78, 5) is 2.50. The molecule has 2 aromatic carbocycles. The van der Waals surface area contributed by atoms with Gasteiger partial charge in [0.2, 0.25) is 10.0 Å². The van der Waals surface area contributed by atoms with Crippen molar-refractivity contribution in [2.45, 2.75) is 32.2 Å². The van der Waals surface area contributed by atoms with Crippen molar-refractivity contribution in [3.8, 4) is 11.5 Å². The maximum absolute atomic E-state index is 13.6. The Bertz CT molecular complexity index is 966. The van der Waals surface area contributed by atoms with Gasteiger partial charge in [0.1, 0.15) is 16.4 Å². The minimum absolute atomic E-state index is 0.219. The third kappa shape index (κ3) is 4.13. The monoisotopic (exact) mass is 418 g/mol. The normalized spacial score (nSPS) is 16.0. The van der Waals surface area contributed by atoms with E-state index in [1.807, 2.05) is 32.0 Å². The van der Waals surface area contributed by atoms with Crippen molar-refractivity contribution in [2.24, 2.45) is 0 Å². The molecule has 1 fully saturated rings. The molecule has 0 bridgehead atoms. The molecule has 1 aliphatic heterocycles. The SMILES string of the molecule is COc1c(C)c(C)c(OC)c(S(=O)(=O)N2CCN(Cc3ccccc3)CC2)c1C. The number of rotatable bonds is 6. The topological polar surface area (TPSA) is 59.1 Å². The molecule has 2 aromatic rings. The van der Waals surface area contributed by atoms with Crippen LogP contribution in [-0.2, 0) is 16.6 Å². The first-order chi connectivity index (χ1) is 13.8. The zero-order valence-electron chi connectivity index (χ0n) is 17.9. The summed E-state index contributed by atoms with van der Waals surface area (Å²) in [6.07, 6.45) is 0. The first-order valence-electron chi connectivity index (χ1n) is 9.79. The molecule has 7 heteroatoms. The zero-order valence-corrected chi connectivity index (χ0v) is 18.7. The summed E-state index contributed by atoms with van der Waals surface area (Å²) in [6, 6.07) is 10.2. The van der Waals surface area contributed by atoms with E-state index in [9.17, 15) is 8.42 Å². The van der Waals surface area contributed by atoms with E-state index in [1.54, 1.807) is 18.3 Å². The molecule has 0 aromatic heterocycles. The fourth-order valence-electron chi connectivity index (χ4n) is 4.03. The molecule has 3 rings (SSSR count). The molecule has 0 radical (unpaired) electrons. The van der Waals surface area contributed by atoms with Crippen LogP contribution in [0.4, 0.5) is 0 Å². The lowest BCUT2D eigenvalue weighted by Gasteiger charge is -2.34. The number of sulfonamides is 1. The number of hydrogen-bond acceptors (Lipinski definition) is 5. The second kappa shape index (κ2) is 8.73. The van der Waals surface area contributed by atoms with Crippen LogP contribution in [0, 0.1) is 20.8 Å². The highest BCUT2D eigenvalue weighted by atomic mass is 32.2. The summed E-state index contributed by atoms with van der Waals surface area (Å²) >= 11 is 0. The van der Waals surface area contributed by atoms with Gasteiger partial charge in [-0.2, -0.15) is 4.31 Å². The summed E-state index contributed by atoms with van der Waals surface area (Å²) < 4.78 is 39.7. The largest absolute Gasteiger partial charge is 0.496 e. The molecule has 29 heavy (non-hydrogen) atoms. The Morgan fingerprint density at radius 1 is 0.828 bits per heavy atom. The number of hydrogen-bond donors (Lipinski definition) is 0. The van der Waals surface area contributed by atoms with Gasteiger partial charge in [-0.05, 0) is 37.5 Å². The maximum atomic E-state index is 13.6. The number of ether oxygens (including phenoxy) is 2. The second-order valence-corrected chi connectivity index (χ2v) is 9.31. The number of methoxy groups -OCH3 is 2. The highest BCUT2D eigenvalue weighted by molar-refractivity contribution is 7.89. The summed E-state index contributed by atoms with van der Waals surface area (Å²) in [5.41, 5.74) is 3.52. The van der Waals surface area contributed by atoms with E-state index in [0.717, 1.165) is 17.7 Å². The maximum Gasteiger partial charge on any atom is 0.247 e. The van der Waals surface area contributed by atoms with Crippen molar-refractivity contribution in [2.75, 3.05) is 40.4 Å². The molecular formula is C22H30N2O4S. The van der Waals surface area contributed by atoms with Crippen LogP contribution in [0.1, 0.15) is 22.3 Å². The predicted molar refractivity (Wildman–Crippen MR) is 114 cm³/mol. The molecule has 0 saturated carbocycles. The van der Waals surface area contributed by atoms with Crippen molar-refractivity contribution < 1.29 is 17.9 Å². The molecule has 0 N–H and O–H groups in total. The van der Waals surface area contributed by atoms with Crippen molar-refractivity contribution in [1.29, 1.82) is 0 Å². The van der Waals surface area contributed by atoms with Crippen molar-refractivity contribution in [3.05, 3.63) is 52.6 Å². The van der Waals surface area contributed by atoms with Gasteiger partial charge in [-0.15, -0.1) is 0 Å². The predicted octanol–water partition coefficient (Wildman–Crippen LogP) is 3.14. The molecule has 6 nitrogen and oxygen atoms in total. The molecule has 0 spiro atoms. The van der Waals surface area contributed by atoms with E-state index in [-0.39, 0.29) is 4.90 Å². The van der Waals surface area contributed by atoms with Crippen LogP contribution in [0.25, 0.3) is 0 Å². The van der Waals surface area contributed by atoms with E-state index in [1.165, 1.54) is 12.7 Å². The fourth-order valence-corrected chi connectivity index (χ4v) is 5.88. The average Bonchev–Trinajstić information content (AvgIpc) is 2.72. The van der Waals surface area contributed by atoms with E-state index >= 15 is 0 Å². The van der Waals surface area contributed by atoms with Crippen LogP contribution in [-0.4, -0.2) is 58.0 Å². The Morgan fingerprint density at radius 2 is 1.38 bits per heavy atom. The smallest absolute Gasteiger partial charge is 0.247 e. The Balaban J connectivity index is 1.86. The van der Waals surface area contributed by atoms with Crippen LogP contribution in [0.2, 0.25) is 0 Å². The lowest BCUT2D eigenvalue weighted by Crippen LogP contribution is -2.48. The lowest BCUT2D eigenvalue weighted by atomic mass is 10.0. The highest BCUT2D eigenvalue weighted by Gasteiger charge is 2.35. The van der Waals surface area contributed by atoms with E-state index < -0.39 is 10.0 Å². The van der Waals surface area contributed by atoms with Crippen LogP contribution in [0.5, 0.6) is 11.5 Å². The third-order valence-corrected chi connectivity index (χ3v) is 7.77. The molecule has 1 saturated heterocycles. The van der Waals surface area contributed by atoms with Gasteiger partial charge < -0.3 is 9.47 Å². The van der Waals surface area contributed by atoms with Crippen molar-refractivity contribution in [3.63, 3.8) is 0 Å². The van der Waals surface area contributed by atoms with Gasteiger partial charge in [-0.1, -0.05) is 30.3 Å². The second-order valence-electron chi connectivity index (χ2n) is 7.44. The quantitative estimate of drug-likeness (QED) is 0.721. The Hall–Kier alpha value is -2.09. The summed E-state index contributed by atoms with van der Waals surface area (Å²) in [7, 11) is -0.614. The summed E-state index contributed by atoms with van der Waals surface area (Å²) in [5, 5.41) is 0. The van der Waals surface area contributed by atoms with Crippen molar-refractivity contribution in [1.82, 2.24) is 9.21 Å². The van der Waals surface area contributed by atoms with Gasteiger partial charge in [-0.25, -0.2) is 8.42 Å². The Labute approximate surface area is 174 Å². The standard InChI is InChI=1S/C22H30N2O4S/c1-16-17(2)21(28-5)22(18(3)20(16)27-4)29(25,26)24-13-11-23(12-14-24)15-19-9-7-6-8-10-19/h6-10H,11-15H2,1-5H3. The Kier molecular flexibility index (Phi) is 6.51. The molecular weight excluding hydrogens is 388 g/mol. The molecule has 0 unspecified atom stereocenters. The van der Waals surface area contributed by atoms with E-state index in [2.05, 4.69) is 17.0 Å². The summed E-state index contributed by atoms with van der Waals surface area (Å²) in [5.74, 6) is 1.01. The Morgan fingerprint density at radius 3 is 1.93 bits per heavy atom. The molecule has 158 valence electrons. The molecule has 1 heterocycles. The van der Waals surface area contributed by atoms with Gasteiger partial charge in [0.25, 0.3) is 0 Å². The first kappa shape index (κ1) is 21.6. The fraction of sp³-hybridized carbons (Fsp3) is 0.455. The van der Waals surface area contributed by atoms with Gasteiger partial charge in [-0.3, -0.25) is 4.90 Å². The lowest BCUT2D eigenvalue weighted by molar-refractivity contribution is 0.181. The van der Waals surface area contributed by atoms with Crippen LogP contribution in [0.15, 0.2) is 35.2 Å². The van der Waals surface area contributed by atoms with Crippen LogP contribution in [0.3, 0.4) is 0 Å².